The van der Waals surface area contributed by atoms with Crippen LogP contribution in [0.1, 0.15) is 33.3 Å². The highest BCUT2D eigenvalue weighted by atomic mass is 19.1. The van der Waals surface area contributed by atoms with Crippen LogP contribution in [0, 0.1) is 0 Å². The van der Waals surface area contributed by atoms with Crippen molar-refractivity contribution in [1.29, 1.82) is 0 Å². The van der Waals surface area contributed by atoms with Crippen LogP contribution in [0.25, 0.3) is 6.08 Å². The Morgan fingerprint density at radius 3 is 2.45 bits per heavy atom. The highest BCUT2D eigenvalue weighted by Gasteiger charge is 2.53. The van der Waals surface area contributed by atoms with Crippen molar-refractivity contribution in [1.82, 2.24) is 0 Å². The van der Waals surface area contributed by atoms with Gasteiger partial charge in [0.2, 0.25) is 0 Å². The fourth-order valence-electron chi connectivity index (χ4n) is 2.42. The Labute approximate surface area is 130 Å². The van der Waals surface area contributed by atoms with E-state index in [0.717, 1.165) is 16.9 Å². The quantitative estimate of drug-likeness (QED) is 0.774. The van der Waals surface area contributed by atoms with Crippen molar-refractivity contribution >= 4 is 13.2 Å². The van der Waals surface area contributed by atoms with Crippen molar-refractivity contribution in [3.8, 4) is 5.75 Å². The number of rotatable bonds is 2. The number of hydrogen-bond donors (Lipinski definition) is 0. The standard InChI is InChI=1S/C17H20BFO3/c1-16(2)17(3,4)22-18(21-16)15(19)10-12-9-13-7-5-6-8-14(13)20-11-12/h5-10H,11H2,1-4H3. The minimum Gasteiger partial charge on any atom is -0.488 e. The number of hydrogen-bond acceptors (Lipinski definition) is 3. The van der Waals surface area contributed by atoms with Crippen molar-refractivity contribution < 1.29 is 18.4 Å². The van der Waals surface area contributed by atoms with Crippen molar-refractivity contribution in [2.45, 2.75) is 38.9 Å². The normalized spacial score (nSPS) is 22.9. The molecule has 0 amide bonds. The average molecular weight is 302 g/mol. The lowest BCUT2D eigenvalue weighted by atomic mass is 9.86. The van der Waals surface area contributed by atoms with Crippen LogP contribution in [0.15, 0.2) is 41.6 Å². The molecule has 0 radical (unpaired) electrons. The predicted octanol–water partition coefficient (Wildman–Crippen LogP) is 3.95. The van der Waals surface area contributed by atoms with Gasteiger partial charge < -0.3 is 14.0 Å². The molecule has 0 atom stereocenters. The molecule has 5 heteroatoms. The molecule has 1 saturated heterocycles. The van der Waals surface area contributed by atoms with Crippen molar-refractivity contribution in [3.63, 3.8) is 0 Å². The van der Waals surface area contributed by atoms with Crippen LogP contribution in [-0.2, 0) is 9.31 Å². The Morgan fingerprint density at radius 1 is 1.14 bits per heavy atom. The zero-order valence-corrected chi connectivity index (χ0v) is 13.4. The van der Waals surface area contributed by atoms with E-state index < -0.39 is 24.0 Å². The van der Waals surface area contributed by atoms with Gasteiger partial charge in [0.05, 0.1) is 11.2 Å². The molecule has 1 fully saturated rings. The van der Waals surface area contributed by atoms with E-state index in [0.29, 0.717) is 6.61 Å². The highest BCUT2D eigenvalue weighted by Crippen LogP contribution is 2.39. The molecule has 22 heavy (non-hydrogen) atoms. The van der Waals surface area contributed by atoms with E-state index in [-0.39, 0.29) is 0 Å². The second-order valence-electron chi connectivity index (χ2n) is 6.66. The highest BCUT2D eigenvalue weighted by molar-refractivity contribution is 6.53. The number of halogens is 1. The zero-order chi connectivity index (χ0) is 16.0. The van der Waals surface area contributed by atoms with E-state index in [4.69, 9.17) is 14.0 Å². The van der Waals surface area contributed by atoms with Gasteiger partial charge in [0.1, 0.15) is 18.1 Å². The van der Waals surface area contributed by atoms with Crippen LogP contribution >= 0.6 is 0 Å². The zero-order valence-electron chi connectivity index (χ0n) is 13.4. The number of benzene rings is 1. The Kier molecular flexibility index (Phi) is 3.65. The SMILES string of the molecule is CC1(C)OB(C(F)=CC2=Cc3ccccc3OC2)OC1(C)C. The molecule has 116 valence electrons. The van der Waals surface area contributed by atoms with Gasteiger partial charge >= 0.3 is 7.12 Å². The van der Waals surface area contributed by atoms with E-state index in [1.807, 2.05) is 58.0 Å². The minimum atomic E-state index is -0.969. The van der Waals surface area contributed by atoms with Crippen LogP contribution in [0.4, 0.5) is 4.39 Å². The summed E-state index contributed by atoms with van der Waals surface area (Å²) in [5.74, 6) is 0.815. The summed E-state index contributed by atoms with van der Waals surface area (Å²) in [5.41, 5.74) is 0.167. The Bertz CT molecular complexity index is 633. The van der Waals surface area contributed by atoms with Crippen molar-refractivity contribution in [3.05, 3.63) is 47.2 Å². The molecule has 1 aromatic rings. The maximum Gasteiger partial charge on any atom is 0.525 e. The molecule has 0 bridgehead atoms. The monoisotopic (exact) mass is 302 g/mol. The third-order valence-corrected chi connectivity index (χ3v) is 4.46. The third kappa shape index (κ3) is 2.71. The smallest absolute Gasteiger partial charge is 0.488 e. The molecule has 0 saturated carbocycles. The van der Waals surface area contributed by atoms with Gasteiger partial charge in [-0.25, -0.2) is 4.39 Å². The second kappa shape index (κ2) is 5.25. The Morgan fingerprint density at radius 2 is 1.77 bits per heavy atom. The lowest BCUT2D eigenvalue weighted by Crippen LogP contribution is -2.41. The van der Waals surface area contributed by atoms with Crippen molar-refractivity contribution in [2.75, 3.05) is 6.61 Å². The summed E-state index contributed by atoms with van der Waals surface area (Å²) >= 11 is 0. The molecule has 0 N–H and O–H groups in total. The van der Waals surface area contributed by atoms with Crippen LogP contribution in [0.5, 0.6) is 5.75 Å². The minimum absolute atomic E-state index is 0.337. The summed E-state index contributed by atoms with van der Waals surface area (Å²) in [6.07, 6.45) is 3.36. The van der Waals surface area contributed by atoms with E-state index >= 15 is 0 Å². The first-order valence-corrected chi connectivity index (χ1v) is 7.44. The van der Waals surface area contributed by atoms with Crippen LogP contribution in [0.2, 0.25) is 0 Å². The fraction of sp³-hybridized carbons (Fsp3) is 0.412. The fourth-order valence-corrected chi connectivity index (χ4v) is 2.42. The van der Waals surface area contributed by atoms with Gasteiger partial charge in [-0.05, 0) is 51.5 Å². The van der Waals surface area contributed by atoms with Gasteiger partial charge in [-0.2, -0.15) is 0 Å². The van der Waals surface area contributed by atoms with Gasteiger partial charge in [-0.15, -0.1) is 0 Å². The lowest BCUT2D eigenvalue weighted by Gasteiger charge is -2.32. The topological polar surface area (TPSA) is 27.7 Å². The van der Waals surface area contributed by atoms with Gasteiger partial charge in [0.15, 0.2) is 0 Å². The molecular formula is C17H20BFO3. The summed E-state index contributed by atoms with van der Waals surface area (Å²) in [5, 5.41) is 0. The van der Waals surface area contributed by atoms with Crippen LogP contribution in [0.3, 0.4) is 0 Å². The van der Waals surface area contributed by atoms with Gasteiger partial charge in [0.25, 0.3) is 0 Å². The summed E-state index contributed by atoms with van der Waals surface area (Å²) in [4.78, 5) is 0. The molecule has 3 nitrogen and oxygen atoms in total. The Balaban J connectivity index is 1.81. The lowest BCUT2D eigenvalue weighted by molar-refractivity contribution is 0.00578. The van der Waals surface area contributed by atoms with E-state index in [1.165, 1.54) is 6.08 Å². The number of ether oxygens (including phenoxy) is 1. The summed E-state index contributed by atoms with van der Waals surface area (Å²) in [6, 6.07) is 7.68. The molecule has 0 aliphatic carbocycles. The maximum absolute atomic E-state index is 14.5. The maximum atomic E-state index is 14.5. The Hall–Kier alpha value is -1.59. The summed E-state index contributed by atoms with van der Waals surface area (Å²) in [6.45, 7) is 7.95. The second-order valence-corrected chi connectivity index (χ2v) is 6.66. The first kappa shape index (κ1) is 15.3. The molecule has 2 aliphatic rings. The predicted molar refractivity (Wildman–Crippen MR) is 85.2 cm³/mol. The molecular weight excluding hydrogens is 282 g/mol. The van der Waals surface area contributed by atoms with Gasteiger partial charge in [-0.1, -0.05) is 18.2 Å². The molecule has 3 rings (SSSR count). The number of para-hydroxylation sites is 1. The van der Waals surface area contributed by atoms with E-state index in [9.17, 15) is 4.39 Å². The average Bonchev–Trinajstić information content (AvgIpc) is 2.67. The van der Waals surface area contributed by atoms with E-state index in [1.54, 1.807) is 0 Å². The largest absolute Gasteiger partial charge is 0.525 e. The number of fused-ring (bicyclic) bond motifs is 1. The van der Waals surface area contributed by atoms with Crippen LogP contribution < -0.4 is 4.74 Å². The molecule has 0 spiro atoms. The summed E-state index contributed by atoms with van der Waals surface area (Å²) < 4.78 is 31.5. The van der Waals surface area contributed by atoms with Gasteiger partial charge in [-0.3, -0.25) is 0 Å². The summed E-state index contributed by atoms with van der Waals surface area (Å²) in [7, 11) is -0.969. The molecule has 2 heterocycles. The molecule has 0 aromatic heterocycles. The molecule has 1 aromatic carbocycles. The first-order valence-electron chi connectivity index (χ1n) is 7.44. The van der Waals surface area contributed by atoms with Crippen LogP contribution in [-0.4, -0.2) is 24.9 Å². The third-order valence-electron chi connectivity index (χ3n) is 4.46. The van der Waals surface area contributed by atoms with Gasteiger partial charge in [0, 0.05) is 5.56 Å². The van der Waals surface area contributed by atoms with E-state index in [2.05, 4.69) is 0 Å². The first-order chi connectivity index (χ1) is 10.3. The molecule has 0 unspecified atom stereocenters. The molecule has 2 aliphatic heterocycles. The van der Waals surface area contributed by atoms with Crippen molar-refractivity contribution in [2.24, 2.45) is 0 Å².